The van der Waals surface area contributed by atoms with Crippen molar-refractivity contribution in [3.05, 3.63) is 0 Å². The maximum Gasteiger partial charge on any atom is 0.0223 e. The van der Waals surface area contributed by atoms with E-state index in [-0.39, 0.29) is 0 Å². The van der Waals surface area contributed by atoms with Gasteiger partial charge in [-0.25, -0.2) is 0 Å². The summed E-state index contributed by atoms with van der Waals surface area (Å²) in [6.45, 7) is 4.29. The van der Waals surface area contributed by atoms with Gasteiger partial charge in [0.25, 0.3) is 0 Å². The Bertz CT molecular complexity index is 125. The second kappa shape index (κ2) is 4.80. The van der Waals surface area contributed by atoms with Crippen molar-refractivity contribution in [2.45, 2.75) is 18.9 Å². The zero-order valence-electron chi connectivity index (χ0n) is 8.29. The summed E-state index contributed by atoms with van der Waals surface area (Å²) >= 11 is 0. The molecule has 0 bridgehead atoms. The minimum absolute atomic E-state index is 0.753. The van der Waals surface area contributed by atoms with E-state index in [0.29, 0.717) is 0 Å². The summed E-state index contributed by atoms with van der Waals surface area (Å²) < 4.78 is 0. The highest BCUT2D eigenvalue weighted by Gasteiger charge is 2.23. The molecule has 0 amide bonds. The SMILES string of the molecule is CN(C)C[C@H]1CCCN1CCN. The fourth-order valence-electron chi connectivity index (χ4n) is 1.98. The molecule has 0 saturated carbocycles. The van der Waals surface area contributed by atoms with Gasteiger partial charge in [0.2, 0.25) is 0 Å². The summed E-state index contributed by atoms with van der Waals surface area (Å²) in [6, 6.07) is 0.753. The van der Waals surface area contributed by atoms with Crippen molar-refractivity contribution in [1.82, 2.24) is 9.80 Å². The highest BCUT2D eigenvalue weighted by molar-refractivity contribution is 4.80. The van der Waals surface area contributed by atoms with E-state index >= 15 is 0 Å². The van der Waals surface area contributed by atoms with Crippen LogP contribution < -0.4 is 5.73 Å². The van der Waals surface area contributed by atoms with Gasteiger partial charge >= 0.3 is 0 Å². The average molecular weight is 171 g/mol. The molecule has 3 heteroatoms. The quantitative estimate of drug-likeness (QED) is 0.645. The van der Waals surface area contributed by atoms with Gasteiger partial charge in [0, 0.05) is 25.7 Å². The second-order valence-corrected chi connectivity index (χ2v) is 3.88. The van der Waals surface area contributed by atoms with Gasteiger partial charge in [0.15, 0.2) is 0 Å². The van der Waals surface area contributed by atoms with Crippen molar-refractivity contribution in [3.8, 4) is 0 Å². The number of hydrogen-bond acceptors (Lipinski definition) is 3. The van der Waals surface area contributed by atoms with Crippen LogP contribution >= 0.6 is 0 Å². The predicted octanol–water partition coefficient (Wildman–Crippen LogP) is -0.0289. The number of likely N-dealkylation sites (tertiary alicyclic amines) is 1. The van der Waals surface area contributed by atoms with Gasteiger partial charge in [-0.3, -0.25) is 4.90 Å². The maximum atomic E-state index is 5.55. The van der Waals surface area contributed by atoms with Gasteiger partial charge < -0.3 is 10.6 Å². The van der Waals surface area contributed by atoms with Crippen LogP contribution in [-0.4, -0.2) is 56.1 Å². The van der Waals surface area contributed by atoms with Crippen LogP contribution in [0.4, 0.5) is 0 Å². The average Bonchev–Trinajstić information content (AvgIpc) is 2.37. The lowest BCUT2D eigenvalue weighted by Gasteiger charge is -2.26. The van der Waals surface area contributed by atoms with E-state index in [2.05, 4.69) is 23.9 Å². The van der Waals surface area contributed by atoms with Crippen LogP contribution in [0.1, 0.15) is 12.8 Å². The van der Waals surface area contributed by atoms with E-state index in [4.69, 9.17) is 5.73 Å². The summed E-state index contributed by atoms with van der Waals surface area (Å²) in [5.74, 6) is 0. The molecule has 12 heavy (non-hydrogen) atoms. The summed E-state index contributed by atoms with van der Waals surface area (Å²) in [5, 5.41) is 0. The summed E-state index contributed by atoms with van der Waals surface area (Å²) in [5.41, 5.74) is 5.55. The monoisotopic (exact) mass is 171 g/mol. The number of nitrogens with two attached hydrogens (primary N) is 1. The molecule has 72 valence electrons. The minimum Gasteiger partial charge on any atom is -0.329 e. The Morgan fingerprint density at radius 3 is 2.83 bits per heavy atom. The van der Waals surface area contributed by atoms with Gasteiger partial charge in [-0.1, -0.05) is 0 Å². The molecule has 2 N–H and O–H groups in total. The molecule has 0 aromatic heterocycles. The Morgan fingerprint density at radius 1 is 1.50 bits per heavy atom. The Hall–Kier alpha value is -0.120. The van der Waals surface area contributed by atoms with Crippen LogP contribution in [0, 0.1) is 0 Å². The third kappa shape index (κ3) is 2.73. The predicted molar refractivity (Wildman–Crippen MR) is 52.2 cm³/mol. The highest BCUT2D eigenvalue weighted by Crippen LogP contribution is 2.16. The maximum absolute atomic E-state index is 5.55. The molecule has 0 radical (unpaired) electrons. The van der Waals surface area contributed by atoms with Crippen molar-refractivity contribution in [1.29, 1.82) is 0 Å². The first kappa shape index (κ1) is 9.96. The lowest BCUT2D eigenvalue weighted by molar-refractivity contribution is 0.212. The van der Waals surface area contributed by atoms with Crippen molar-refractivity contribution < 1.29 is 0 Å². The lowest BCUT2D eigenvalue weighted by atomic mass is 10.2. The topological polar surface area (TPSA) is 32.5 Å². The van der Waals surface area contributed by atoms with Crippen LogP contribution in [0.15, 0.2) is 0 Å². The molecule has 0 unspecified atom stereocenters. The Balaban J connectivity index is 2.30. The van der Waals surface area contributed by atoms with Gasteiger partial charge in [0.1, 0.15) is 0 Å². The molecule has 1 saturated heterocycles. The van der Waals surface area contributed by atoms with E-state index in [1.54, 1.807) is 0 Å². The van der Waals surface area contributed by atoms with Crippen LogP contribution in [0.5, 0.6) is 0 Å². The third-order valence-electron chi connectivity index (χ3n) is 2.49. The largest absolute Gasteiger partial charge is 0.329 e. The first-order valence-electron chi connectivity index (χ1n) is 4.83. The number of nitrogens with zero attached hydrogens (tertiary/aromatic N) is 2. The number of likely N-dealkylation sites (N-methyl/N-ethyl adjacent to an activating group) is 1. The number of rotatable bonds is 4. The molecule has 0 aromatic rings. The fraction of sp³-hybridized carbons (Fsp3) is 1.00. The molecule has 1 rings (SSSR count). The van der Waals surface area contributed by atoms with Crippen LogP contribution in [0.25, 0.3) is 0 Å². The standard InChI is InChI=1S/C9H21N3/c1-11(2)8-9-4-3-6-12(9)7-5-10/h9H,3-8,10H2,1-2H3/t9-/m1/s1. The van der Waals surface area contributed by atoms with Gasteiger partial charge in [-0.05, 0) is 33.5 Å². The Morgan fingerprint density at radius 2 is 2.25 bits per heavy atom. The summed E-state index contributed by atoms with van der Waals surface area (Å²) in [4.78, 5) is 4.78. The van der Waals surface area contributed by atoms with E-state index in [1.165, 1.54) is 25.9 Å². The molecular formula is C9H21N3. The Kier molecular flexibility index (Phi) is 3.98. The molecule has 1 aliphatic rings. The minimum atomic E-state index is 0.753. The van der Waals surface area contributed by atoms with Crippen molar-refractivity contribution in [2.24, 2.45) is 5.73 Å². The van der Waals surface area contributed by atoms with E-state index in [9.17, 15) is 0 Å². The molecule has 1 aliphatic heterocycles. The van der Waals surface area contributed by atoms with Crippen molar-refractivity contribution in [3.63, 3.8) is 0 Å². The molecule has 1 fully saturated rings. The summed E-state index contributed by atoms with van der Waals surface area (Å²) in [6.07, 6.45) is 2.69. The highest BCUT2D eigenvalue weighted by atomic mass is 15.2. The molecule has 1 heterocycles. The first-order chi connectivity index (χ1) is 5.74. The van der Waals surface area contributed by atoms with Crippen LogP contribution in [-0.2, 0) is 0 Å². The van der Waals surface area contributed by atoms with E-state index in [1.807, 2.05) is 0 Å². The smallest absolute Gasteiger partial charge is 0.0223 e. The molecule has 0 aliphatic carbocycles. The molecule has 3 nitrogen and oxygen atoms in total. The first-order valence-corrected chi connectivity index (χ1v) is 4.83. The van der Waals surface area contributed by atoms with Crippen LogP contribution in [0.2, 0.25) is 0 Å². The van der Waals surface area contributed by atoms with Gasteiger partial charge in [0.05, 0.1) is 0 Å². The summed E-state index contributed by atoms with van der Waals surface area (Å²) in [7, 11) is 4.28. The van der Waals surface area contributed by atoms with E-state index in [0.717, 1.165) is 19.1 Å². The lowest BCUT2D eigenvalue weighted by Crippen LogP contribution is -2.39. The van der Waals surface area contributed by atoms with E-state index < -0.39 is 0 Å². The third-order valence-corrected chi connectivity index (χ3v) is 2.49. The molecule has 0 spiro atoms. The normalized spacial score (nSPS) is 25.5. The second-order valence-electron chi connectivity index (χ2n) is 3.88. The van der Waals surface area contributed by atoms with Gasteiger partial charge in [-0.2, -0.15) is 0 Å². The molecule has 0 aromatic carbocycles. The zero-order chi connectivity index (χ0) is 8.97. The Labute approximate surface area is 75.5 Å². The molecule has 1 atom stereocenters. The van der Waals surface area contributed by atoms with Crippen LogP contribution in [0.3, 0.4) is 0 Å². The zero-order valence-corrected chi connectivity index (χ0v) is 8.29. The fourth-order valence-corrected chi connectivity index (χ4v) is 1.98. The van der Waals surface area contributed by atoms with Crippen molar-refractivity contribution >= 4 is 0 Å². The van der Waals surface area contributed by atoms with Gasteiger partial charge in [-0.15, -0.1) is 0 Å². The number of hydrogen-bond donors (Lipinski definition) is 1. The van der Waals surface area contributed by atoms with Crippen molar-refractivity contribution in [2.75, 3.05) is 40.3 Å². The molecular weight excluding hydrogens is 150 g/mol.